The number of hydrogen-bond acceptors (Lipinski definition) is 6. The van der Waals surface area contributed by atoms with Crippen LogP contribution in [0, 0.1) is 4.91 Å². The summed E-state index contributed by atoms with van der Waals surface area (Å²) in [6, 6.07) is 8.03. The first kappa shape index (κ1) is 18.3. The van der Waals surface area contributed by atoms with E-state index in [1.807, 2.05) is 0 Å². The molecule has 1 aromatic heterocycles. The highest BCUT2D eigenvalue weighted by Crippen LogP contribution is 2.32. The number of aromatic nitrogens is 1. The lowest BCUT2D eigenvalue weighted by Gasteiger charge is -2.15. The maximum absolute atomic E-state index is 11.7. The first-order valence-electron chi connectivity index (χ1n) is 6.86. The van der Waals surface area contributed by atoms with Crippen molar-refractivity contribution in [2.75, 3.05) is 13.4 Å². The fourth-order valence-electron chi connectivity index (χ4n) is 1.98. The number of benzene rings is 1. The molecule has 2 rings (SSSR count). The highest BCUT2D eigenvalue weighted by Gasteiger charge is 2.25. The van der Waals surface area contributed by atoms with Gasteiger partial charge < -0.3 is 9.57 Å². The average Bonchev–Trinajstić information content (AvgIpc) is 2.53. The van der Waals surface area contributed by atoms with Gasteiger partial charge in [-0.3, -0.25) is 0 Å². The first-order valence-corrected chi connectivity index (χ1v) is 9.54. The van der Waals surface area contributed by atoms with Crippen LogP contribution in [0.1, 0.15) is 18.6 Å². The molecule has 9 heteroatoms. The molecular formula is C15H16BrN2O5S+. The summed E-state index contributed by atoms with van der Waals surface area (Å²) in [7, 11) is -2.10. The summed E-state index contributed by atoms with van der Waals surface area (Å²) in [5.41, 5.74) is 0.652. The highest BCUT2D eigenvalue weighted by atomic mass is 79.9. The van der Waals surface area contributed by atoms with E-state index in [0.29, 0.717) is 10.0 Å². The molecule has 0 radical (unpaired) electrons. The van der Waals surface area contributed by atoms with Crippen LogP contribution in [0.5, 0.6) is 5.75 Å². The molecule has 1 atom stereocenters. The fraction of sp³-hybridized carbons (Fsp3) is 0.267. The highest BCUT2D eigenvalue weighted by molar-refractivity contribution is 9.10. The van der Waals surface area contributed by atoms with Gasteiger partial charge in [-0.1, -0.05) is 12.1 Å². The minimum absolute atomic E-state index is 0.0354. The van der Waals surface area contributed by atoms with Gasteiger partial charge in [-0.05, 0) is 50.4 Å². The maximum atomic E-state index is 11.7. The number of hydrogen-bond donors (Lipinski definition) is 0. The molecule has 1 unspecified atom stereocenters. The molecule has 1 heterocycles. The van der Waals surface area contributed by atoms with Crippen LogP contribution in [0.25, 0.3) is 0 Å². The van der Waals surface area contributed by atoms with Crippen molar-refractivity contribution in [3.8, 4) is 5.75 Å². The van der Waals surface area contributed by atoms with Gasteiger partial charge in [0.1, 0.15) is 13.2 Å². The molecule has 24 heavy (non-hydrogen) atoms. The van der Waals surface area contributed by atoms with Gasteiger partial charge in [0.15, 0.2) is 21.0 Å². The van der Waals surface area contributed by atoms with Gasteiger partial charge in [0, 0.05) is 12.3 Å². The van der Waals surface area contributed by atoms with Crippen molar-refractivity contribution in [3.05, 3.63) is 51.5 Å². The van der Waals surface area contributed by atoms with Crippen molar-refractivity contribution >= 4 is 31.6 Å². The SMILES string of the molecule is CO[N+](=O)c1ncc(Br)cc1OC(C)c1cccc(S(C)(=O)=O)c1. The summed E-state index contributed by atoms with van der Waals surface area (Å²) >= 11 is 3.27. The van der Waals surface area contributed by atoms with E-state index in [9.17, 15) is 13.3 Å². The zero-order valence-corrected chi connectivity index (χ0v) is 15.7. The Balaban J connectivity index is 2.35. The lowest BCUT2D eigenvalue weighted by molar-refractivity contribution is -0.739. The molecule has 0 aliphatic carbocycles. The third-order valence-electron chi connectivity index (χ3n) is 3.20. The molecule has 0 saturated heterocycles. The Labute approximate surface area is 148 Å². The topological polar surface area (TPSA) is 85.6 Å². The van der Waals surface area contributed by atoms with Gasteiger partial charge in [0.05, 0.1) is 9.37 Å². The second-order valence-electron chi connectivity index (χ2n) is 5.02. The van der Waals surface area contributed by atoms with E-state index in [1.54, 1.807) is 25.1 Å². The van der Waals surface area contributed by atoms with Crippen molar-refractivity contribution in [3.63, 3.8) is 0 Å². The summed E-state index contributed by atoms with van der Waals surface area (Å²) < 4.78 is 29.8. The largest absolute Gasteiger partial charge is 0.478 e. The number of sulfone groups is 1. The number of halogens is 1. The Morgan fingerprint density at radius 2 is 2.00 bits per heavy atom. The molecule has 128 valence electrons. The number of pyridine rings is 1. The van der Waals surface area contributed by atoms with Crippen molar-refractivity contribution in [1.82, 2.24) is 4.98 Å². The summed E-state index contributed by atoms with van der Waals surface area (Å²) in [6.07, 6.45) is 2.08. The Kier molecular flexibility index (Phi) is 5.55. The minimum Gasteiger partial charge on any atom is -0.478 e. The lowest BCUT2D eigenvalue weighted by Crippen LogP contribution is -2.09. The van der Waals surface area contributed by atoms with Gasteiger partial charge in [0.25, 0.3) is 0 Å². The van der Waals surface area contributed by atoms with Crippen LogP contribution in [0.4, 0.5) is 5.82 Å². The van der Waals surface area contributed by atoms with Gasteiger partial charge in [0.2, 0.25) is 5.75 Å². The van der Waals surface area contributed by atoms with E-state index >= 15 is 0 Å². The lowest BCUT2D eigenvalue weighted by atomic mass is 10.1. The van der Waals surface area contributed by atoms with Crippen LogP contribution >= 0.6 is 15.9 Å². The normalized spacial score (nSPS) is 12.5. The predicted octanol–water partition coefficient (Wildman–Crippen LogP) is 3.36. The van der Waals surface area contributed by atoms with Crippen molar-refractivity contribution < 1.29 is 22.9 Å². The number of nitrogens with zero attached hydrogens (tertiary/aromatic N) is 2. The van der Waals surface area contributed by atoms with E-state index in [-0.39, 0.29) is 21.4 Å². The molecule has 0 saturated carbocycles. The minimum atomic E-state index is -3.32. The van der Waals surface area contributed by atoms with Crippen molar-refractivity contribution in [2.24, 2.45) is 0 Å². The summed E-state index contributed by atoms with van der Waals surface area (Å²) in [5, 5.41) is 0. The van der Waals surface area contributed by atoms with E-state index in [2.05, 4.69) is 25.8 Å². The quantitative estimate of drug-likeness (QED) is 0.672. The second-order valence-corrected chi connectivity index (χ2v) is 7.95. The Morgan fingerprint density at radius 3 is 2.62 bits per heavy atom. The maximum Gasteiger partial charge on any atom is 0.450 e. The van der Waals surface area contributed by atoms with Crippen LogP contribution in [-0.4, -0.2) is 31.7 Å². The Bertz CT molecular complexity index is 870. The summed E-state index contributed by atoms with van der Waals surface area (Å²) in [4.78, 5) is 20.7. The number of ether oxygens (including phenoxy) is 1. The molecular weight excluding hydrogens is 400 g/mol. The van der Waals surface area contributed by atoms with Crippen LogP contribution < -0.4 is 4.74 Å². The van der Waals surface area contributed by atoms with Crippen molar-refractivity contribution in [1.29, 1.82) is 0 Å². The third kappa shape index (κ3) is 4.30. The van der Waals surface area contributed by atoms with Gasteiger partial charge in [-0.25, -0.2) is 8.42 Å². The third-order valence-corrected chi connectivity index (χ3v) is 4.74. The summed E-state index contributed by atoms with van der Waals surface area (Å²) in [6.45, 7) is 1.74. The molecule has 0 aliphatic rings. The molecule has 0 bridgehead atoms. The van der Waals surface area contributed by atoms with Crippen molar-refractivity contribution in [2.45, 2.75) is 17.9 Å². The Hall–Kier alpha value is -2.00. The van der Waals surface area contributed by atoms with E-state index in [1.165, 1.54) is 25.4 Å². The van der Waals surface area contributed by atoms with Crippen LogP contribution in [0.2, 0.25) is 0 Å². The van der Waals surface area contributed by atoms with E-state index < -0.39 is 15.9 Å². The molecule has 1 aromatic carbocycles. The van der Waals surface area contributed by atoms with E-state index in [4.69, 9.17) is 4.74 Å². The standard InChI is InChI=1S/C15H16BrN2O5S/c1-10(11-5-4-6-13(7-11)24(3,20)21)23-14-8-12(16)9-17-15(14)18(19)22-2/h4-10H,1-3H3/q+1. The molecule has 0 fully saturated rings. The second kappa shape index (κ2) is 7.27. The van der Waals surface area contributed by atoms with E-state index in [0.717, 1.165) is 6.26 Å². The fourth-order valence-corrected chi connectivity index (χ4v) is 2.97. The zero-order valence-electron chi connectivity index (χ0n) is 13.3. The Morgan fingerprint density at radius 1 is 1.29 bits per heavy atom. The van der Waals surface area contributed by atoms with Crippen LogP contribution in [0.15, 0.2) is 45.9 Å². The summed E-state index contributed by atoms with van der Waals surface area (Å²) in [5.74, 6) is 0.172. The average molecular weight is 416 g/mol. The molecule has 2 aromatic rings. The molecule has 7 nitrogen and oxygen atoms in total. The van der Waals surface area contributed by atoms with Gasteiger partial charge >= 0.3 is 5.82 Å². The van der Waals surface area contributed by atoms with Crippen LogP contribution in [-0.2, 0) is 14.7 Å². The van der Waals surface area contributed by atoms with Gasteiger partial charge in [-0.15, -0.1) is 0 Å². The monoisotopic (exact) mass is 415 g/mol. The molecule has 0 aliphatic heterocycles. The molecule has 0 amide bonds. The molecule has 0 N–H and O–H groups in total. The van der Waals surface area contributed by atoms with Gasteiger partial charge in [-0.2, -0.15) is 0 Å². The predicted molar refractivity (Wildman–Crippen MR) is 90.8 cm³/mol. The zero-order chi connectivity index (χ0) is 17.9. The molecule has 0 spiro atoms. The number of rotatable bonds is 6. The smallest absolute Gasteiger partial charge is 0.450 e. The first-order chi connectivity index (χ1) is 11.2. The van der Waals surface area contributed by atoms with Crippen LogP contribution in [0.3, 0.4) is 0 Å².